The molecule has 1 amide bonds. The van der Waals surface area contributed by atoms with Gasteiger partial charge in [-0.15, -0.1) is 0 Å². The van der Waals surface area contributed by atoms with Gasteiger partial charge < -0.3 is 9.72 Å². The van der Waals surface area contributed by atoms with Crippen LogP contribution in [-0.2, 0) is 21.2 Å². The molecule has 0 atom stereocenters. The molecular formula is C21H20N6O3S. The molecule has 0 radical (unpaired) electrons. The van der Waals surface area contributed by atoms with Gasteiger partial charge in [0.1, 0.15) is 5.65 Å². The normalized spacial score (nSPS) is 11.4. The van der Waals surface area contributed by atoms with E-state index in [0.29, 0.717) is 12.1 Å². The van der Waals surface area contributed by atoms with E-state index in [4.69, 9.17) is 0 Å². The Hall–Kier alpha value is -3.79. The van der Waals surface area contributed by atoms with Gasteiger partial charge in [0.2, 0.25) is 11.9 Å². The maximum atomic E-state index is 12.4. The molecule has 31 heavy (non-hydrogen) atoms. The highest BCUT2D eigenvalue weighted by Crippen LogP contribution is 2.18. The van der Waals surface area contributed by atoms with Crippen molar-refractivity contribution >= 4 is 33.2 Å². The number of imidazole rings is 1. The van der Waals surface area contributed by atoms with Crippen LogP contribution in [0.5, 0.6) is 0 Å². The van der Waals surface area contributed by atoms with E-state index >= 15 is 0 Å². The summed E-state index contributed by atoms with van der Waals surface area (Å²) in [6, 6.07) is 13.3. The monoisotopic (exact) mass is 436 g/mol. The van der Waals surface area contributed by atoms with Crippen molar-refractivity contribution in [1.29, 1.82) is 0 Å². The maximum Gasteiger partial charge on any atom is 0.264 e. The van der Waals surface area contributed by atoms with Crippen LogP contribution in [0, 0.1) is 6.92 Å². The molecule has 0 unspecified atom stereocenters. The summed E-state index contributed by atoms with van der Waals surface area (Å²) in [5.41, 5.74) is 3.24. The summed E-state index contributed by atoms with van der Waals surface area (Å²) in [6.45, 7) is 1.92. The Morgan fingerprint density at radius 3 is 2.52 bits per heavy atom. The van der Waals surface area contributed by atoms with Crippen LogP contribution in [0.1, 0.15) is 17.8 Å². The highest BCUT2D eigenvalue weighted by atomic mass is 32.2. The Bertz CT molecular complexity index is 1320. The number of aromatic nitrogens is 4. The first-order chi connectivity index (χ1) is 14.9. The van der Waals surface area contributed by atoms with Crippen LogP contribution in [0.25, 0.3) is 5.65 Å². The summed E-state index contributed by atoms with van der Waals surface area (Å²) in [7, 11) is -3.82. The molecular weight excluding hydrogens is 416 g/mol. The zero-order chi connectivity index (χ0) is 21.8. The van der Waals surface area contributed by atoms with Gasteiger partial charge in [0.05, 0.1) is 10.6 Å². The van der Waals surface area contributed by atoms with Crippen LogP contribution < -0.4 is 10.0 Å². The first kappa shape index (κ1) is 20.5. The average Bonchev–Trinajstić information content (AvgIpc) is 3.08. The minimum absolute atomic E-state index is 0.0115. The summed E-state index contributed by atoms with van der Waals surface area (Å²) in [5.74, 6) is -0.181. The Labute approximate surface area is 179 Å². The molecule has 0 aliphatic heterocycles. The fraction of sp³-hybridized carbons (Fsp3) is 0.143. The zero-order valence-electron chi connectivity index (χ0n) is 16.7. The van der Waals surface area contributed by atoms with E-state index in [0.717, 1.165) is 17.0 Å². The lowest BCUT2D eigenvalue weighted by Crippen LogP contribution is -2.15. The lowest BCUT2D eigenvalue weighted by atomic mass is 10.2. The molecule has 0 bridgehead atoms. The van der Waals surface area contributed by atoms with Gasteiger partial charge in [-0.3, -0.25) is 4.79 Å². The number of carbonyl (C=O) groups excluding carboxylic acids is 1. The highest BCUT2D eigenvalue weighted by Gasteiger charge is 2.16. The Balaban J connectivity index is 1.38. The molecule has 3 heterocycles. The number of aryl methyl sites for hydroxylation is 2. The summed E-state index contributed by atoms with van der Waals surface area (Å²) < 4.78 is 29.1. The van der Waals surface area contributed by atoms with Crippen molar-refractivity contribution in [1.82, 2.24) is 19.4 Å². The second-order valence-electron chi connectivity index (χ2n) is 6.82. The second-order valence-corrected chi connectivity index (χ2v) is 8.51. The number of fused-ring (bicyclic) bond motifs is 1. The van der Waals surface area contributed by atoms with Crippen LogP contribution in [0.15, 0.2) is 72.0 Å². The van der Waals surface area contributed by atoms with Gasteiger partial charge in [0.25, 0.3) is 10.0 Å². The first-order valence-corrected chi connectivity index (χ1v) is 11.0. The fourth-order valence-corrected chi connectivity index (χ4v) is 4.13. The highest BCUT2D eigenvalue weighted by molar-refractivity contribution is 7.92. The number of pyridine rings is 1. The zero-order valence-corrected chi connectivity index (χ0v) is 17.5. The van der Waals surface area contributed by atoms with E-state index in [-0.39, 0.29) is 23.2 Å². The van der Waals surface area contributed by atoms with Crippen LogP contribution >= 0.6 is 0 Å². The van der Waals surface area contributed by atoms with Crippen molar-refractivity contribution in [3.63, 3.8) is 0 Å². The van der Waals surface area contributed by atoms with Crippen molar-refractivity contribution in [2.24, 2.45) is 0 Å². The molecule has 0 saturated heterocycles. The van der Waals surface area contributed by atoms with Gasteiger partial charge in [-0.2, -0.15) is 0 Å². The van der Waals surface area contributed by atoms with Crippen LogP contribution in [0.2, 0.25) is 0 Å². The minimum Gasteiger partial charge on any atom is -0.326 e. The molecule has 9 nitrogen and oxygen atoms in total. The van der Waals surface area contributed by atoms with Crippen LogP contribution in [0.3, 0.4) is 0 Å². The first-order valence-electron chi connectivity index (χ1n) is 9.55. The van der Waals surface area contributed by atoms with Gasteiger partial charge in [-0.1, -0.05) is 6.07 Å². The molecule has 0 saturated carbocycles. The van der Waals surface area contributed by atoms with Gasteiger partial charge in [0.15, 0.2) is 0 Å². The van der Waals surface area contributed by atoms with Crippen LogP contribution in [-0.4, -0.2) is 33.7 Å². The number of hydrogen-bond acceptors (Lipinski definition) is 6. The van der Waals surface area contributed by atoms with E-state index in [1.807, 2.05) is 35.7 Å². The molecule has 0 spiro atoms. The van der Waals surface area contributed by atoms with Crippen molar-refractivity contribution in [3.8, 4) is 0 Å². The number of nitrogens with one attached hydrogen (secondary N) is 2. The van der Waals surface area contributed by atoms with E-state index in [9.17, 15) is 13.2 Å². The third-order valence-electron chi connectivity index (χ3n) is 4.66. The predicted molar refractivity (Wildman–Crippen MR) is 116 cm³/mol. The molecule has 0 fully saturated rings. The quantitative estimate of drug-likeness (QED) is 0.460. The molecule has 158 valence electrons. The van der Waals surface area contributed by atoms with E-state index in [1.54, 1.807) is 6.07 Å². The molecule has 1 aromatic carbocycles. The number of amides is 1. The standard InChI is InChI=1S/C21H20N6O3S/c1-15-18(27-14-3-2-5-19(27)24-15)10-11-20(28)25-16-6-8-17(9-7-16)31(29,30)26-21-22-12-4-13-23-21/h2-9,12-14H,10-11H2,1H3,(H,25,28)(H,22,23,26). The van der Waals surface area contributed by atoms with E-state index in [2.05, 4.69) is 25.0 Å². The predicted octanol–water partition coefficient (Wildman–Crippen LogP) is 2.80. The molecule has 10 heteroatoms. The summed E-state index contributed by atoms with van der Waals surface area (Å²) in [6.07, 6.45) is 5.62. The van der Waals surface area contributed by atoms with Crippen molar-refractivity contribution < 1.29 is 13.2 Å². The fourth-order valence-electron chi connectivity index (χ4n) is 3.17. The van der Waals surface area contributed by atoms with E-state index < -0.39 is 10.0 Å². The van der Waals surface area contributed by atoms with Gasteiger partial charge in [-0.25, -0.2) is 28.1 Å². The SMILES string of the molecule is Cc1nc2ccccn2c1CCC(=O)Nc1ccc(S(=O)(=O)Nc2ncccn2)cc1. The third-order valence-corrected chi connectivity index (χ3v) is 6.00. The largest absolute Gasteiger partial charge is 0.326 e. The maximum absolute atomic E-state index is 12.4. The Kier molecular flexibility index (Phi) is 5.63. The average molecular weight is 436 g/mol. The van der Waals surface area contributed by atoms with Gasteiger partial charge in [-0.05, 0) is 55.8 Å². The second kappa shape index (κ2) is 8.52. The Morgan fingerprint density at radius 1 is 1.03 bits per heavy atom. The smallest absolute Gasteiger partial charge is 0.264 e. The van der Waals surface area contributed by atoms with Crippen LogP contribution in [0.4, 0.5) is 11.6 Å². The van der Waals surface area contributed by atoms with Crippen molar-refractivity contribution in [2.75, 3.05) is 10.0 Å². The van der Waals surface area contributed by atoms with Crippen molar-refractivity contribution in [3.05, 3.63) is 78.5 Å². The molecule has 0 aliphatic rings. The molecule has 4 aromatic rings. The molecule has 3 aromatic heterocycles. The number of anilines is 2. The number of benzene rings is 1. The van der Waals surface area contributed by atoms with E-state index in [1.165, 1.54) is 36.7 Å². The third kappa shape index (κ3) is 4.69. The van der Waals surface area contributed by atoms with Gasteiger partial charge in [0, 0.05) is 36.4 Å². The number of carbonyl (C=O) groups is 1. The van der Waals surface area contributed by atoms with Gasteiger partial charge >= 0.3 is 0 Å². The summed E-state index contributed by atoms with van der Waals surface area (Å²) in [4.78, 5) is 24.6. The number of nitrogens with zero attached hydrogens (tertiary/aromatic N) is 4. The molecule has 0 aliphatic carbocycles. The molecule has 4 rings (SSSR count). The topological polar surface area (TPSA) is 118 Å². The lowest BCUT2D eigenvalue weighted by Gasteiger charge is -2.09. The number of sulfonamides is 1. The minimum atomic E-state index is -3.82. The number of hydrogen-bond donors (Lipinski definition) is 2. The van der Waals surface area contributed by atoms with Crippen molar-refractivity contribution in [2.45, 2.75) is 24.7 Å². The lowest BCUT2D eigenvalue weighted by molar-refractivity contribution is -0.116. The molecule has 2 N–H and O–H groups in total. The summed E-state index contributed by atoms with van der Waals surface area (Å²) in [5, 5.41) is 2.79. The Morgan fingerprint density at radius 2 is 1.77 bits per heavy atom. The number of rotatable bonds is 7. The summed E-state index contributed by atoms with van der Waals surface area (Å²) >= 11 is 0.